The summed E-state index contributed by atoms with van der Waals surface area (Å²) in [7, 11) is 0. The summed E-state index contributed by atoms with van der Waals surface area (Å²) in [6, 6.07) is 11.2. The van der Waals surface area contributed by atoms with Crippen LogP contribution in [-0.2, 0) is 25.7 Å². The van der Waals surface area contributed by atoms with E-state index in [0.717, 1.165) is 37.3 Å². The summed E-state index contributed by atoms with van der Waals surface area (Å²) in [4.78, 5) is 38.9. The number of hydrogen-bond donors (Lipinski definition) is 1. The number of halogens is 1. The van der Waals surface area contributed by atoms with Crippen molar-refractivity contribution in [1.82, 2.24) is 0 Å². The zero-order valence-corrected chi connectivity index (χ0v) is 21.3. The first-order valence-electron chi connectivity index (χ1n) is 12.6. The minimum atomic E-state index is -0.703. The van der Waals surface area contributed by atoms with Crippen LogP contribution in [-0.4, -0.2) is 54.6 Å². The fourth-order valence-electron chi connectivity index (χ4n) is 4.80. The maximum Gasteiger partial charge on any atom is 0.362 e. The molecule has 1 amide bonds. The molecular weight excluding hydrogens is 463 g/mol. The van der Waals surface area contributed by atoms with Crippen molar-refractivity contribution in [1.29, 1.82) is 0 Å². The van der Waals surface area contributed by atoms with Gasteiger partial charge in [0.05, 0.1) is 30.9 Å². The van der Waals surface area contributed by atoms with Crippen LogP contribution in [0.5, 0.6) is 0 Å². The molecule has 3 rings (SSSR count). The van der Waals surface area contributed by atoms with Gasteiger partial charge in [0.15, 0.2) is 12.6 Å². The Kier molecular flexibility index (Phi) is 9.58. The van der Waals surface area contributed by atoms with Gasteiger partial charge in [0.1, 0.15) is 12.4 Å². The summed E-state index contributed by atoms with van der Waals surface area (Å²) in [5.74, 6) is -1.98. The van der Waals surface area contributed by atoms with Gasteiger partial charge in [-0.25, -0.2) is 14.0 Å². The minimum absolute atomic E-state index is 0.0282. The molecular formula is C28H36FN2O5+. The number of nitrogens with zero attached hydrogens (tertiary/aromatic N) is 1. The average Bonchev–Trinajstić information content (AvgIpc) is 3.10. The first-order chi connectivity index (χ1) is 17.3. The second-order valence-corrected chi connectivity index (χ2v) is 9.42. The highest BCUT2D eigenvalue weighted by Crippen LogP contribution is 2.27. The van der Waals surface area contributed by atoms with Gasteiger partial charge in [-0.05, 0) is 69.7 Å². The zero-order chi connectivity index (χ0) is 26.1. The number of rotatable bonds is 9. The maximum atomic E-state index is 14.1. The first kappa shape index (κ1) is 27.3. The Morgan fingerprint density at radius 1 is 1.03 bits per heavy atom. The van der Waals surface area contributed by atoms with Crippen molar-refractivity contribution in [2.24, 2.45) is 0 Å². The lowest BCUT2D eigenvalue weighted by Crippen LogP contribution is -2.61. The van der Waals surface area contributed by atoms with Crippen molar-refractivity contribution < 1.29 is 32.7 Å². The molecule has 1 heterocycles. The van der Waals surface area contributed by atoms with Crippen LogP contribution in [0.25, 0.3) is 0 Å². The van der Waals surface area contributed by atoms with E-state index < -0.39 is 17.8 Å². The summed E-state index contributed by atoms with van der Waals surface area (Å²) < 4.78 is 25.0. The number of carbonyl (C=O) groups excluding carboxylic acids is 3. The molecule has 2 aromatic carbocycles. The van der Waals surface area contributed by atoms with Crippen LogP contribution in [0.1, 0.15) is 61.0 Å². The number of nitrogens with one attached hydrogen (secondary N) is 1. The Labute approximate surface area is 212 Å². The van der Waals surface area contributed by atoms with E-state index in [-0.39, 0.29) is 47.4 Å². The number of aryl methyl sites for hydroxylation is 1. The number of likely N-dealkylation sites (tertiary alicyclic amines) is 1. The molecule has 0 spiro atoms. The summed E-state index contributed by atoms with van der Waals surface area (Å²) in [6.45, 7) is 6.81. The van der Waals surface area contributed by atoms with Gasteiger partial charge in [0, 0.05) is 0 Å². The van der Waals surface area contributed by atoms with Gasteiger partial charge in [-0.3, -0.25) is 4.79 Å². The van der Waals surface area contributed by atoms with Gasteiger partial charge >= 0.3 is 11.9 Å². The quantitative estimate of drug-likeness (QED) is 0.397. The number of carbonyl (C=O) groups is 3. The molecule has 0 radical (unpaired) electrons. The van der Waals surface area contributed by atoms with E-state index >= 15 is 0 Å². The van der Waals surface area contributed by atoms with Crippen molar-refractivity contribution in [2.45, 2.75) is 59.1 Å². The normalized spacial score (nSPS) is 15.9. The molecule has 8 heteroatoms. The average molecular weight is 500 g/mol. The summed E-state index contributed by atoms with van der Waals surface area (Å²) >= 11 is 0. The minimum Gasteiger partial charge on any atom is -0.462 e. The topological polar surface area (TPSA) is 81.7 Å². The number of ether oxygens (including phenoxy) is 2. The van der Waals surface area contributed by atoms with E-state index in [1.54, 1.807) is 20.8 Å². The molecule has 36 heavy (non-hydrogen) atoms. The van der Waals surface area contributed by atoms with Gasteiger partial charge in [-0.15, -0.1) is 0 Å². The maximum absolute atomic E-state index is 14.1. The summed E-state index contributed by atoms with van der Waals surface area (Å²) in [6.07, 6.45) is 3.87. The molecule has 1 atom stereocenters. The van der Waals surface area contributed by atoms with Crippen molar-refractivity contribution in [3.05, 3.63) is 65.0 Å². The van der Waals surface area contributed by atoms with Crippen molar-refractivity contribution in [2.75, 3.05) is 31.6 Å². The fourth-order valence-corrected chi connectivity index (χ4v) is 4.80. The molecule has 2 aromatic rings. The van der Waals surface area contributed by atoms with Crippen LogP contribution in [0.3, 0.4) is 0 Å². The number of anilines is 1. The molecule has 0 bridgehead atoms. The molecule has 1 aliphatic rings. The highest BCUT2D eigenvalue weighted by Gasteiger charge is 2.41. The standard InChI is InChI=1S/C28H35FN2O5/c1-4-35-28(34)24-17-23(29)16-20(2)26(24)30-27(33)21(3)31(14-10-5-6-11-15-31)18-25(32)36-19-22-12-8-7-9-13-22/h7-9,12-13,16-17,21H,4-6,10-11,14-15,18-19H2,1-3H3/p+1. The Bertz CT molecular complexity index is 1070. The number of benzene rings is 2. The van der Waals surface area contributed by atoms with Crippen LogP contribution in [0, 0.1) is 12.7 Å². The number of amides is 1. The van der Waals surface area contributed by atoms with Gasteiger partial charge in [-0.1, -0.05) is 30.3 Å². The largest absolute Gasteiger partial charge is 0.462 e. The molecule has 0 saturated carbocycles. The highest BCUT2D eigenvalue weighted by atomic mass is 19.1. The lowest BCUT2D eigenvalue weighted by atomic mass is 10.1. The molecule has 0 aliphatic carbocycles. The Morgan fingerprint density at radius 2 is 1.69 bits per heavy atom. The van der Waals surface area contributed by atoms with E-state index in [1.807, 2.05) is 30.3 Å². The van der Waals surface area contributed by atoms with Gasteiger partial charge in [0.2, 0.25) is 0 Å². The van der Waals surface area contributed by atoms with E-state index in [9.17, 15) is 18.8 Å². The predicted molar refractivity (Wildman–Crippen MR) is 135 cm³/mol. The van der Waals surface area contributed by atoms with Crippen molar-refractivity contribution in [3.8, 4) is 0 Å². The van der Waals surface area contributed by atoms with Gasteiger partial charge in [0.25, 0.3) is 5.91 Å². The monoisotopic (exact) mass is 499 g/mol. The Balaban J connectivity index is 1.81. The Morgan fingerprint density at radius 3 is 2.33 bits per heavy atom. The number of quaternary nitrogens is 1. The second-order valence-electron chi connectivity index (χ2n) is 9.42. The van der Waals surface area contributed by atoms with Crippen LogP contribution in [0.2, 0.25) is 0 Å². The zero-order valence-electron chi connectivity index (χ0n) is 21.3. The third-order valence-electron chi connectivity index (χ3n) is 6.89. The van der Waals surface area contributed by atoms with Crippen LogP contribution >= 0.6 is 0 Å². The molecule has 1 N–H and O–H groups in total. The van der Waals surface area contributed by atoms with E-state index in [1.165, 1.54) is 6.07 Å². The third kappa shape index (κ3) is 6.91. The van der Waals surface area contributed by atoms with E-state index in [2.05, 4.69) is 5.32 Å². The van der Waals surface area contributed by atoms with Crippen molar-refractivity contribution in [3.63, 3.8) is 0 Å². The van der Waals surface area contributed by atoms with Gasteiger partial charge < -0.3 is 19.3 Å². The van der Waals surface area contributed by atoms with E-state index in [0.29, 0.717) is 18.7 Å². The molecule has 1 saturated heterocycles. The third-order valence-corrected chi connectivity index (χ3v) is 6.89. The molecule has 1 aliphatic heterocycles. The SMILES string of the molecule is CCOC(=O)c1cc(F)cc(C)c1NC(=O)C(C)[N+]1(CC(=O)OCc2ccccc2)CCCCCC1. The van der Waals surface area contributed by atoms with Gasteiger partial charge in [-0.2, -0.15) is 0 Å². The van der Waals surface area contributed by atoms with E-state index in [4.69, 9.17) is 9.47 Å². The Hall–Kier alpha value is -3.26. The molecule has 7 nitrogen and oxygen atoms in total. The second kappa shape index (κ2) is 12.6. The number of hydrogen-bond acceptors (Lipinski definition) is 5. The molecule has 1 unspecified atom stereocenters. The highest BCUT2D eigenvalue weighted by molar-refractivity contribution is 6.03. The predicted octanol–water partition coefficient (Wildman–Crippen LogP) is 4.77. The lowest BCUT2D eigenvalue weighted by molar-refractivity contribution is -0.933. The fraction of sp³-hybridized carbons (Fsp3) is 0.464. The summed E-state index contributed by atoms with van der Waals surface area (Å²) in [5.41, 5.74) is 1.52. The lowest BCUT2D eigenvalue weighted by Gasteiger charge is -2.41. The van der Waals surface area contributed by atoms with Crippen LogP contribution < -0.4 is 5.32 Å². The van der Waals surface area contributed by atoms with Crippen LogP contribution in [0.15, 0.2) is 42.5 Å². The van der Waals surface area contributed by atoms with Crippen molar-refractivity contribution >= 4 is 23.5 Å². The molecule has 0 aromatic heterocycles. The molecule has 194 valence electrons. The number of esters is 2. The summed E-state index contributed by atoms with van der Waals surface area (Å²) in [5, 5.41) is 2.84. The van der Waals surface area contributed by atoms with Crippen LogP contribution in [0.4, 0.5) is 10.1 Å². The molecule has 1 fully saturated rings. The first-order valence-corrected chi connectivity index (χ1v) is 12.6. The smallest absolute Gasteiger partial charge is 0.362 e.